The van der Waals surface area contributed by atoms with E-state index >= 15 is 0 Å². The summed E-state index contributed by atoms with van der Waals surface area (Å²) in [6.45, 7) is 4.79. The molecule has 1 aliphatic rings. The molecule has 5 nitrogen and oxygen atoms in total. The van der Waals surface area contributed by atoms with Crippen molar-refractivity contribution in [3.05, 3.63) is 12.2 Å². The highest BCUT2D eigenvalue weighted by atomic mass is 16.5. The van der Waals surface area contributed by atoms with Gasteiger partial charge in [0.15, 0.2) is 5.82 Å². The monoisotopic (exact) mass is 252 g/mol. The van der Waals surface area contributed by atoms with Crippen LogP contribution in [0.3, 0.4) is 0 Å². The molecule has 5 heteroatoms. The SMILES string of the molecule is CNC1CCC(OCc2ncnn2C(C)C)CC1. The Morgan fingerprint density at radius 3 is 2.72 bits per heavy atom. The van der Waals surface area contributed by atoms with E-state index < -0.39 is 0 Å². The highest BCUT2D eigenvalue weighted by Gasteiger charge is 2.21. The molecular weight excluding hydrogens is 228 g/mol. The summed E-state index contributed by atoms with van der Waals surface area (Å²) in [6.07, 6.45) is 6.68. The first-order chi connectivity index (χ1) is 8.70. The molecular formula is C13H24N4O. The van der Waals surface area contributed by atoms with Crippen LogP contribution in [0.5, 0.6) is 0 Å². The van der Waals surface area contributed by atoms with Gasteiger partial charge in [0, 0.05) is 12.1 Å². The third kappa shape index (κ3) is 3.29. The summed E-state index contributed by atoms with van der Waals surface area (Å²) < 4.78 is 7.89. The Bertz CT molecular complexity index is 356. The van der Waals surface area contributed by atoms with Crippen LogP contribution in [0.4, 0.5) is 0 Å². The largest absolute Gasteiger partial charge is 0.370 e. The zero-order chi connectivity index (χ0) is 13.0. The minimum absolute atomic E-state index is 0.339. The molecule has 1 aromatic heterocycles. The van der Waals surface area contributed by atoms with Gasteiger partial charge in [0.05, 0.1) is 6.10 Å². The van der Waals surface area contributed by atoms with Gasteiger partial charge < -0.3 is 10.1 Å². The topological polar surface area (TPSA) is 52.0 Å². The maximum absolute atomic E-state index is 5.96. The maximum Gasteiger partial charge on any atom is 0.153 e. The molecule has 0 radical (unpaired) electrons. The van der Waals surface area contributed by atoms with Gasteiger partial charge in [-0.3, -0.25) is 0 Å². The van der Waals surface area contributed by atoms with Crippen molar-refractivity contribution in [2.24, 2.45) is 0 Å². The lowest BCUT2D eigenvalue weighted by Gasteiger charge is -2.28. The molecule has 0 atom stereocenters. The van der Waals surface area contributed by atoms with Gasteiger partial charge in [0.1, 0.15) is 12.9 Å². The third-order valence-electron chi connectivity index (χ3n) is 3.67. The number of hydrogen-bond acceptors (Lipinski definition) is 4. The van der Waals surface area contributed by atoms with Crippen LogP contribution in [0.2, 0.25) is 0 Å². The number of hydrogen-bond donors (Lipinski definition) is 1. The van der Waals surface area contributed by atoms with Crippen LogP contribution in [0.25, 0.3) is 0 Å². The van der Waals surface area contributed by atoms with Crippen LogP contribution in [0, 0.1) is 0 Å². The van der Waals surface area contributed by atoms with Crippen molar-refractivity contribution < 1.29 is 4.74 Å². The van der Waals surface area contributed by atoms with Gasteiger partial charge in [0.25, 0.3) is 0 Å². The average Bonchev–Trinajstić information content (AvgIpc) is 2.85. The molecule has 1 saturated carbocycles. The Balaban J connectivity index is 1.80. The van der Waals surface area contributed by atoms with Gasteiger partial charge in [-0.1, -0.05) is 0 Å². The maximum atomic E-state index is 5.96. The van der Waals surface area contributed by atoms with E-state index in [1.54, 1.807) is 6.33 Å². The van der Waals surface area contributed by atoms with Crippen molar-refractivity contribution in [1.82, 2.24) is 20.1 Å². The molecule has 1 heterocycles. The molecule has 18 heavy (non-hydrogen) atoms. The summed E-state index contributed by atoms with van der Waals surface area (Å²) in [7, 11) is 2.04. The number of ether oxygens (including phenoxy) is 1. The van der Waals surface area contributed by atoms with Crippen molar-refractivity contribution in [1.29, 1.82) is 0 Å². The quantitative estimate of drug-likeness (QED) is 0.869. The molecule has 0 spiro atoms. The molecule has 1 fully saturated rings. The van der Waals surface area contributed by atoms with Gasteiger partial charge in [-0.2, -0.15) is 5.10 Å². The lowest BCUT2D eigenvalue weighted by atomic mass is 9.93. The van der Waals surface area contributed by atoms with Crippen LogP contribution in [-0.2, 0) is 11.3 Å². The fourth-order valence-corrected chi connectivity index (χ4v) is 2.52. The second kappa shape index (κ2) is 6.29. The molecule has 1 aliphatic carbocycles. The number of rotatable bonds is 5. The third-order valence-corrected chi connectivity index (χ3v) is 3.67. The van der Waals surface area contributed by atoms with Gasteiger partial charge in [-0.15, -0.1) is 0 Å². The standard InChI is InChI=1S/C13H24N4O/c1-10(2)17-13(15-9-16-17)8-18-12-6-4-11(14-3)5-7-12/h9-12,14H,4-8H2,1-3H3. The van der Waals surface area contributed by atoms with Crippen molar-refractivity contribution in [2.45, 2.75) is 64.3 Å². The summed E-state index contributed by atoms with van der Waals surface area (Å²) in [4.78, 5) is 4.27. The highest BCUT2D eigenvalue weighted by molar-refractivity contribution is 4.84. The van der Waals surface area contributed by atoms with Gasteiger partial charge in [-0.25, -0.2) is 9.67 Å². The normalized spacial score (nSPS) is 24.7. The van der Waals surface area contributed by atoms with E-state index in [9.17, 15) is 0 Å². The van der Waals surface area contributed by atoms with Crippen molar-refractivity contribution >= 4 is 0 Å². The van der Waals surface area contributed by atoms with Crippen LogP contribution in [0.15, 0.2) is 6.33 Å². The predicted molar refractivity (Wildman–Crippen MR) is 70.3 cm³/mol. The van der Waals surface area contributed by atoms with Crippen LogP contribution in [-0.4, -0.2) is 34.0 Å². The summed E-state index contributed by atoms with van der Waals surface area (Å²) in [6, 6.07) is 1.01. The zero-order valence-electron chi connectivity index (χ0n) is 11.6. The lowest BCUT2D eigenvalue weighted by Crippen LogP contribution is -2.33. The minimum Gasteiger partial charge on any atom is -0.370 e. The molecule has 1 aromatic rings. The zero-order valence-corrected chi connectivity index (χ0v) is 11.6. The van der Waals surface area contributed by atoms with E-state index in [0.29, 0.717) is 24.8 Å². The van der Waals surface area contributed by atoms with Gasteiger partial charge in [-0.05, 0) is 46.6 Å². The van der Waals surface area contributed by atoms with Gasteiger partial charge >= 0.3 is 0 Å². The van der Waals surface area contributed by atoms with Crippen LogP contribution in [0.1, 0.15) is 51.4 Å². The Kier molecular flexibility index (Phi) is 4.72. The second-order valence-corrected chi connectivity index (χ2v) is 5.29. The molecule has 0 saturated heterocycles. The number of nitrogens with zero attached hydrogens (tertiary/aromatic N) is 3. The Morgan fingerprint density at radius 2 is 2.11 bits per heavy atom. The Labute approximate surface area is 109 Å². The van der Waals surface area contributed by atoms with Crippen LogP contribution >= 0.6 is 0 Å². The summed E-state index contributed by atoms with van der Waals surface area (Å²) in [5, 5.41) is 7.56. The molecule has 102 valence electrons. The van der Waals surface area contributed by atoms with E-state index in [-0.39, 0.29) is 0 Å². The van der Waals surface area contributed by atoms with E-state index in [1.165, 1.54) is 12.8 Å². The molecule has 0 aromatic carbocycles. The average molecular weight is 252 g/mol. The van der Waals surface area contributed by atoms with E-state index in [1.807, 2.05) is 11.7 Å². The molecule has 0 bridgehead atoms. The smallest absolute Gasteiger partial charge is 0.153 e. The van der Waals surface area contributed by atoms with Crippen molar-refractivity contribution in [2.75, 3.05) is 7.05 Å². The first-order valence-corrected chi connectivity index (χ1v) is 6.88. The predicted octanol–water partition coefficient (Wildman–Crippen LogP) is 1.91. The minimum atomic E-state index is 0.339. The Morgan fingerprint density at radius 1 is 1.39 bits per heavy atom. The van der Waals surface area contributed by atoms with Crippen molar-refractivity contribution in [3.63, 3.8) is 0 Å². The highest BCUT2D eigenvalue weighted by Crippen LogP contribution is 2.22. The van der Waals surface area contributed by atoms with E-state index in [4.69, 9.17) is 4.74 Å². The second-order valence-electron chi connectivity index (χ2n) is 5.29. The fraction of sp³-hybridized carbons (Fsp3) is 0.846. The van der Waals surface area contributed by atoms with E-state index in [2.05, 4.69) is 29.2 Å². The lowest BCUT2D eigenvalue weighted by molar-refractivity contribution is 0.00667. The molecule has 2 rings (SSSR count). The first-order valence-electron chi connectivity index (χ1n) is 6.88. The number of nitrogens with one attached hydrogen (secondary N) is 1. The summed E-state index contributed by atoms with van der Waals surface area (Å²) in [5.74, 6) is 0.931. The molecule has 0 aliphatic heterocycles. The first kappa shape index (κ1) is 13.5. The fourth-order valence-electron chi connectivity index (χ4n) is 2.52. The molecule has 1 N–H and O–H groups in total. The summed E-state index contributed by atoms with van der Waals surface area (Å²) >= 11 is 0. The number of aromatic nitrogens is 3. The molecule has 0 amide bonds. The summed E-state index contributed by atoms with van der Waals surface area (Å²) in [5.41, 5.74) is 0. The Hall–Kier alpha value is -0.940. The van der Waals surface area contributed by atoms with E-state index in [0.717, 1.165) is 18.7 Å². The molecule has 0 unspecified atom stereocenters. The van der Waals surface area contributed by atoms with Crippen LogP contribution < -0.4 is 5.32 Å². The van der Waals surface area contributed by atoms with Gasteiger partial charge in [0.2, 0.25) is 0 Å². The van der Waals surface area contributed by atoms with Crippen molar-refractivity contribution in [3.8, 4) is 0 Å².